The molecule has 0 saturated carbocycles. The van der Waals surface area contributed by atoms with Gasteiger partial charge in [0.1, 0.15) is 0 Å². The van der Waals surface area contributed by atoms with Crippen molar-refractivity contribution in [1.82, 2.24) is 20.0 Å². The number of carbonyl (C=O) groups is 1. The molecule has 7 nitrogen and oxygen atoms in total. The van der Waals surface area contributed by atoms with Crippen LogP contribution in [0.3, 0.4) is 0 Å². The smallest absolute Gasteiger partial charge is 0.322 e. The maximum atomic E-state index is 12.3. The fraction of sp³-hybridized carbons (Fsp3) is 0.250. The van der Waals surface area contributed by atoms with Gasteiger partial charge < -0.3 is 4.42 Å². The first-order valence-corrected chi connectivity index (χ1v) is 8.20. The zero-order valence-electron chi connectivity index (χ0n) is 13.4. The van der Waals surface area contributed by atoms with Crippen molar-refractivity contribution in [2.24, 2.45) is 0 Å². The van der Waals surface area contributed by atoms with Crippen molar-refractivity contribution in [2.45, 2.75) is 26.8 Å². The number of aromatic nitrogens is 4. The Morgan fingerprint density at radius 2 is 2.08 bits per heavy atom. The van der Waals surface area contributed by atoms with Crippen LogP contribution >= 0.6 is 15.9 Å². The third-order valence-corrected chi connectivity index (χ3v) is 3.85. The molecule has 0 aliphatic rings. The molecular formula is C16H16BrN5O2. The summed E-state index contributed by atoms with van der Waals surface area (Å²) in [6.07, 6.45) is 0. The summed E-state index contributed by atoms with van der Waals surface area (Å²) in [4.78, 5) is 12.3. The van der Waals surface area contributed by atoms with Crippen molar-refractivity contribution >= 4 is 27.9 Å². The van der Waals surface area contributed by atoms with Gasteiger partial charge in [0, 0.05) is 21.8 Å². The van der Waals surface area contributed by atoms with E-state index in [0.29, 0.717) is 11.6 Å². The molecule has 0 aliphatic carbocycles. The van der Waals surface area contributed by atoms with Gasteiger partial charge in [-0.1, -0.05) is 27.1 Å². The van der Waals surface area contributed by atoms with Gasteiger partial charge in [0.05, 0.1) is 0 Å². The Labute approximate surface area is 147 Å². The number of halogens is 1. The molecule has 0 saturated heterocycles. The Hall–Kier alpha value is -2.48. The molecule has 1 aromatic carbocycles. The van der Waals surface area contributed by atoms with Gasteiger partial charge >= 0.3 is 6.01 Å². The lowest BCUT2D eigenvalue weighted by Gasteiger charge is -2.06. The molecule has 8 heteroatoms. The summed E-state index contributed by atoms with van der Waals surface area (Å²) < 4.78 is 8.18. The van der Waals surface area contributed by atoms with E-state index in [1.165, 1.54) is 0 Å². The Balaban J connectivity index is 1.77. The number of anilines is 1. The highest BCUT2D eigenvalue weighted by Gasteiger charge is 2.17. The van der Waals surface area contributed by atoms with E-state index < -0.39 is 0 Å². The number of rotatable bonds is 4. The van der Waals surface area contributed by atoms with E-state index >= 15 is 0 Å². The highest BCUT2D eigenvalue weighted by Crippen LogP contribution is 2.23. The predicted molar refractivity (Wildman–Crippen MR) is 92.7 cm³/mol. The Morgan fingerprint density at radius 1 is 1.29 bits per heavy atom. The number of hydrogen-bond donors (Lipinski definition) is 1. The van der Waals surface area contributed by atoms with Crippen LogP contribution in [0.1, 0.15) is 36.1 Å². The first kappa shape index (κ1) is 16.4. The average molecular weight is 390 g/mol. The summed E-state index contributed by atoms with van der Waals surface area (Å²) in [5, 5.41) is 14.7. The summed E-state index contributed by atoms with van der Waals surface area (Å²) in [5.74, 6) is -0.0579. The summed E-state index contributed by atoms with van der Waals surface area (Å²) in [6, 6.07) is 9.40. The summed E-state index contributed by atoms with van der Waals surface area (Å²) in [6.45, 7) is 5.91. The first-order chi connectivity index (χ1) is 11.4. The van der Waals surface area contributed by atoms with Crippen molar-refractivity contribution in [3.63, 3.8) is 0 Å². The number of nitrogens with zero attached hydrogens (tertiary/aromatic N) is 4. The maximum Gasteiger partial charge on any atom is 0.322 e. The summed E-state index contributed by atoms with van der Waals surface area (Å²) in [7, 11) is 0. The molecule has 3 rings (SSSR count). The predicted octanol–water partition coefficient (Wildman–Crippen LogP) is 3.84. The van der Waals surface area contributed by atoms with Gasteiger partial charge in [-0.25, -0.2) is 0 Å². The minimum atomic E-state index is -0.387. The Morgan fingerprint density at radius 3 is 2.75 bits per heavy atom. The van der Waals surface area contributed by atoms with E-state index in [1.54, 1.807) is 10.7 Å². The highest BCUT2D eigenvalue weighted by atomic mass is 79.9. The van der Waals surface area contributed by atoms with Gasteiger partial charge in [-0.2, -0.15) is 5.10 Å². The molecule has 1 N–H and O–H groups in total. The number of hydrogen-bond acceptors (Lipinski definition) is 5. The lowest BCUT2D eigenvalue weighted by atomic mass is 10.2. The van der Waals surface area contributed by atoms with Crippen LogP contribution in [-0.4, -0.2) is 25.9 Å². The second kappa shape index (κ2) is 6.56. The van der Waals surface area contributed by atoms with Crippen LogP contribution in [0.25, 0.3) is 11.5 Å². The quantitative estimate of drug-likeness (QED) is 0.732. The number of nitrogens with one attached hydrogen (secondary N) is 1. The third kappa shape index (κ3) is 3.38. The number of aryl methyl sites for hydroxylation is 1. The Kier molecular flexibility index (Phi) is 4.48. The lowest BCUT2D eigenvalue weighted by molar-refractivity contribution is 0.101. The number of amides is 1. The lowest BCUT2D eigenvalue weighted by Crippen LogP contribution is -2.14. The standard InChI is InChI=1S/C16H16BrN5O2/c1-9(2)22-10(3)7-13(21-22)14(23)18-16-20-19-15(24-16)11-5-4-6-12(17)8-11/h4-9H,1-3H3,(H,18,20,23). The van der Waals surface area contributed by atoms with Crippen LogP contribution in [0.4, 0.5) is 6.01 Å². The largest absolute Gasteiger partial charge is 0.403 e. The zero-order valence-corrected chi connectivity index (χ0v) is 15.0. The van der Waals surface area contributed by atoms with Crippen molar-refractivity contribution in [1.29, 1.82) is 0 Å². The second-order valence-corrected chi connectivity index (χ2v) is 6.50. The van der Waals surface area contributed by atoms with E-state index in [4.69, 9.17) is 4.42 Å². The molecular weight excluding hydrogens is 374 g/mol. The van der Waals surface area contributed by atoms with E-state index in [2.05, 4.69) is 36.5 Å². The van der Waals surface area contributed by atoms with Crippen LogP contribution in [0.15, 0.2) is 39.2 Å². The molecule has 0 atom stereocenters. The molecule has 1 amide bonds. The molecule has 0 fully saturated rings. The van der Waals surface area contributed by atoms with Gasteiger partial charge in [-0.15, -0.1) is 5.10 Å². The molecule has 0 unspecified atom stereocenters. The van der Waals surface area contributed by atoms with Gasteiger partial charge in [0.15, 0.2) is 5.69 Å². The van der Waals surface area contributed by atoms with Crippen LogP contribution in [0.2, 0.25) is 0 Å². The molecule has 3 aromatic rings. The first-order valence-electron chi connectivity index (χ1n) is 7.41. The second-order valence-electron chi connectivity index (χ2n) is 5.59. The summed E-state index contributed by atoms with van der Waals surface area (Å²) in [5.41, 5.74) is 1.98. The van der Waals surface area contributed by atoms with E-state index in [-0.39, 0.29) is 18.0 Å². The topological polar surface area (TPSA) is 85.8 Å². The van der Waals surface area contributed by atoms with Crippen molar-refractivity contribution in [3.8, 4) is 11.5 Å². The SMILES string of the molecule is Cc1cc(C(=O)Nc2nnc(-c3cccc(Br)c3)o2)nn1C(C)C. The minimum Gasteiger partial charge on any atom is -0.403 e. The normalized spacial score (nSPS) is 11.0. The highest BCUT2D eigenvalue weighted by molar-refractivity contribution is 9.10. The fourth-order valence-corrected chi connectivity index (χ4v) is 2.69. The third-order valence-electron chi connectivity index (χ3n) is 3.36. The summed E-state index contributed by atoms with van der Waals surface area (Å²) >= 11 is 3.39. The molecule has 0 spiro atoms. The van der Waals surface area contributed by atoms with Crippen molar-refractivity contribution < 1.29 is 9.21 Å². The molecule has 2 aromatic heterocycles. The molecule has 124 valence electrons. The van der Waals surface area contributed by atoms with Crippen LogP contribution in [-0.2, 0) is 0 Å². The van der Waals surface area contributed by atoms with Crippen LogP contribution in [0, 0.1) is 6.92 Å². The molecule has 0 aliphatic heterocycles. The van der Waals surface area contributed by atoms with Gasteiger partial charge in [-0.05, 0) is 45.0 Å². The van der Waals surface area contributed by atoms with E-state index in [9.17, 15) is 4.79 Å². The van der Waals surface area contributed by atoms with Crippen molar-refractivity contribution in [3.05, 3.63) is 46.2 Å². The zero-order chi connectivity index (χ0) is 17.3. The van der Waals surface area contributed by atoms with Gasteiger partial charge in [0.25, 0.3) is 5.91 Å². The van der Waals surface area contributed by atoms with E-state index in [0.717, 1.165) is 15.7 Å². The molecule has 2 heterocycles. The Bertz CT molecular complexity index is 884. The van der Waals surface area contributed by atoms with Crippen molar-refractivity contribution in [2.75, 3.05) is 5.32 Å². The molecule has 0 radical (unpaired) electrons. The molecule has 24 heavy (non-hydrogen) atoms. The fourth-order valence-electron chi connectivity index (χ4n) is 2.29. The maximum absolute atomic E-state index is 12.3. The molecule has 0 bridgehead atoms. The van der Waals surface area contributed by atoms with Crippen LogP contribution < -0.4 is 5.32 Å². The number of benzene rings is 1. The van der Waals surface area contributed by atoms with Crippen LogP contribution in [0.5, 0.6) is 0 Å². The monoisotopic (exact) mass is 389 g/mol. The number of carbonyl (C=O) groups excluding carboxylic acids is 1. The minimum absolute atomic E-state index is 0.0340. The van der Waals surface area contributed by atoms with Gasteiger partial charge in [0.2, 0.25) is 5.89 Å². The van der Waals surface area contributed by atoms with E-state index in [1.807, 2.05) is 45.0 Å². The van der Waals surface area contributed by atoms with Gasteiger partial charge in [-0.3, -0.25) is 14.8 Å². The average Bonchev–Trinajstić information content (AvgIpc) is 3.14.